The summed E-state index contributed by atoms with van der Waals surface area (Å²) in [5, 5.41) is 3.31. The number of methoxy groups -OCH3 is 2. The molecule has 25 heavy (non-hydrogen) atoms. The predicted octanol–water partition coefficient (Wildman–Crippen LogP) is 2.52. The molecule has 0 radical (unpaired) electrons. The van der Waals surface area contributed by atoms with Gasteiger partial charge in [-0.2, -0.15) is 0 Å². The van der Waals surface area contributed by atoms with Gasteiger partial charge in [-0.1, -0.05) is 19.1 Å². The second-order valence-electron chi connectivity index (χ2n) is 6.03. The zero-order valence-corrected chi connectivity index (χ0v) is 17.7. The summed E-state index contributed by atoms with van der Waals surface area (Å²) in [5.74, 6) is 1.66. The summed E-state index contributed by atoms with van der Waals surface area (Å²) in [7, 11) is 3.10. The Bertz CT molecular complexity index is 595. The molecule has 0 spiro atoms. The molecule has 6 nitrogen and oxygen atoms in total. The van der Waals surface area contributed by atoms with Gasteiger partial charge in [-0.15, -0.1) is 24.0 Å². The molecule has 0 saturated carbocycles. The van der Waals surface area contributed by atoms with Gasteiger partial charge in [0.2, 0.25) is 0 Å². The smallest absolute Gasteiger partial charge is 0.310 e. The van der Waals surface area contributed by atoms with E-state index in [1.54, 1.807) is 7.11 Å². The Morgan fingerprint density at radius 3 is 2.76 bits per heavy atom. The van der Waals surface area contributed by atoms with Gasteiger partial charge in [0.15, 0.2) is 5.96 Å². The molecule has 1 N–H and O–H groups in total. The molecule has 140 valence electrons. The van der Waals surface area contributed by atoms with E-state index in [0.717, 1.165) is 30.4 Å². The first-order chi connectivity index (χ1) is 11.6. The fourth-order valence-electron chi connectivity index (χ4n) is 2.96. The number of halogens is 1. The molecule has 0 amide bonds. The number of likely N-dealkylation sites (tertiary alicyclic amines) is 1. The van der Waals surface area contributed by atoms with Crippen molar-refractivity contribution in [1.29, 1.82) is 0 Å². The zero-order valence-electron chi connectivity index (χ0n) is 15.3. The molecule has 0 aliphatic carbocycles. The number of carbonyl (C=O) groups excluding carboxylic acids is 1. The summed E-state index contributed by atoms with van der Waals surface area (Å²) in [4.78, 5) is 18.7. The Kier molecular flexibility index (Phi) is 9.02. The van der Waals surface area contributed by atoms with Gasteiger partial charge in [-0.3, -0.25) is 4.79 Å². The van der Waals surface area contributed by atoms with E-state index in [1.165, 1.54) is 7.11 Å². The van der Waals surface area contributed by atoms with E-state index < -0.39 is 0 Å². The van der Waals surface area contributed by atoms with E-state index in [0.29, 0.717) is 13.1 Å². The molecule has 1 aromatic rings. The molecular formula is C18H28IN3O3. The molecule has 1 heterocycles. The van der Waals surface area contributed by atoms with Gasteiger partial charge in [0.25, 0.3) is 0 Å². The highest BCUT2D eigenvalue weighted by atomic mass is 127. The summed E-state index contributed by atoms with van der Waals surface area (Å²) in [6.45, 7) is 6.89. The van der Waals surface area contributed by atoms with E-state index in [4.69, 9.17) is 14.5 Å². The molecule has 1 aromatic carbocycles. The number of guanidine groups is 1. The van der Waals surface area contributed by atoms with Crippen LogP contribution in [0.3, 0.4) is 0 Å². The number of aliphatic imine (C=N–C) groups is 1. The summed E-state index contributed by atoms with van der Waals surface area (Å²) >= 11 is 0. The van der Waals surface area contributed by atoms with Gasteiger partial charge in [-0.05, 0) is 30.5 Å². The highest BCUT2D eigenvalue weighted by molar-refractivity contribution is 14.0. The Hall–Kier alpha value is -1.51. The van der Waals surface area contributed by atoms with Crippen LogP contribution in [0, 0.1) is 11.8 Å². The maximum absolute atomic E-state index is 11.9. The molecule has 1 saturated heterocycles. The number of hydrogen-bond acceptors (Lipinski definition) is 4. The van der Waals surface area contributed by atoms with Crippen molar-refractivity contribution in [3.8, 4) is 5.75 Å². The van der Waals surface area contributed by atoms with Crippen LogP contribution in [0.2, 0.25) is 0 Å². The van der Waals surface area contributed by atoms with E-state index in [2.05, 4.69) is 17.1 Å². The van der Waals surface area contributed by atoms with E-state index in [1.807, 2.05) is 31.2 Å². The minimum Gasteiger partial charge on any atom is -0.497 e. The minimum atomic E-state index is -0.145. The van der Waals surface area contributed by atoms with E-state index >= 15 is 0 Å². The lowest BCUT2D eigenvalue weighted by Crippen LogP contribution is -2.40. The lowest BCUT2D eigenvalue weighted by atomic mass is 9.99. The number of hydrogen-bond donors (Lipinski definition) is 1. The third-order valence-electron chi connectivity index (χ3n) is 4.30. The summed E-state index contributed by atoms with van der Waals surface area (Å²) in [6.07, 6.45) is 0. The predicted molar refractivity (Wildman–Crippen MR) is 109 cm³/mol. The van der Waals surface area contributed by atoms with E-state index in [-0.39, 0.29) is 41.8 Å². The molecule has 1 aliphatic heterocycles. The van der Waals surface area contributed by atoms with Crippen molar-refractivity contribution in [3.05, 3.63) is 29.8 Å². The highest BCUT2D eigenvalue weighted by Gasteiger charge is 2.36. The third kappa shape index (κ3) is 5.76. The average Bonchev–Trinajstić information content (AvgIpc) is 2.99. The Morgan fingerprint density at radius 2 is 2.12 bits per heavy atom. The molecule has 2 unspecified atom stereocenters. The van der Waals surface area contributed by atoms with E-state index in [9.17, 15) is 4.79 Å². The molecule has 2 rings (SSSR count). The van der Waals surface area contributed by atoms with Crippen LogP contribution in [0.15, 0.2) is 29.3 Å². The molecule has 2 atom stereocenters. The van der Waals surface area contributed by atoms with Crippen LogP contribution in [0.4, 0.5) is 0 Å². The van der Waals surface area contributed by atoms with Gasteiger partial charge in [0, 0.05) is 19.6 Å². The lowest BCUT2D eigenvalue weighted by molar-refractivity contribution is -0.145. The van der Waals surface area contributed by atoms with Crippen molar-refractivity contribution < 1.29 is 14.3 Å². The quantitative estimate of drug-likeness (QED) is 0.316. The van der Waals surface area contributed by atoms with Crippen LogP contribution in [-0.2, 0) is 16.1 Å². The Morgan fingerprint density at radius 1 is 1.36 bits per heavy atom. The number of rotatable bonds is 5. The number of nitrogens with one attached hydrogen (secondary N) is 1. The first-order valence-electron chi connectivity index (χ1n) is 8.33. The normalized spacial score (nSPS) is 20.0. The first-order valence-corrected chi connectivity index (χ1v) is 8.33. The fraction of sp³-hybridized carbons (Fsp3) is 0.556. The Balaban J connectivity index is 0.00000312. The average molecular weight is 461 g/mol. The van der Waals surface area contributed by atoms with Gasteiger partial charge in [0.1, 0.15) is 5.75 Å². The number of ether oxygens (including phenoxy) is 2. The maximum Gasteiger partial charge on any atom is 0.310 e. The third-order valence-corrected chi connectivity index (χ3v) is 4.30. The van der Waals surface area contributed by atoms with Crippen molar-refractivity contribution >= 4 is 35.9 Å². The van der Waals surface area contributed by atoms with Crippen LogP contribution in [0.25, 0.3) is 0 Å². The second-order valence-corrected chi connectivity index (χ2v) is 6.03. The van der Waals surface area contributed by atoms with Crippen molar-refractivity contribution in [1.82, 2.24) is 10.2 Å². The number of carbonyl (C=O) groups is 1. The molecule has 0 aromatic heterocycles. The lowest BCUT2D eigenvalue weighted by Gasteiger charge is -2.21. The number of benzene rings is 1. The van der Waals surface area contributed by atoms with Crippen LogP contribution >= 0.6 is 24.0 Å². The maximum atomic E-state index is 11.9. The van der Waals surface area contributed by atoms with Crippen LogP contribution in [0.1, 0.15) is 19.4 Å². The van der Waals surface area contributed by atoms with Crippen molar-refractivity contribution in [3.63, 3.8) is 0 Å². The van der Waals surface area contributed by atoms with Gasteiger partial charge in [-0.25, -0.2) is 4.99 Å². The highest BCUT2D eigenvalue weighted by Crippen LogP contribution is 2.24. The number of esters is 1. The molecule has 1 aliphatic rings. The van der Waals surface area contributed by atoms with Crippen molar-refractivity contribution in [2.75, 3.05) is 33.9 Å². The van der Waals surface area contributed by atoms with Crippen LogP contribution < -0.4 is 10.1 Å². The van der Waals surface area contributed by atoms with Gasteiger partial charge >= 0.3 is 5.97 Å². The zero-order chi connectivity index (χ0) is 17.5. The molecule has 1 fully saturated rings. The second kappa shape index (κ2) is 10.5. The SMILES string of the molecule is CCNC(=NCc1cccc(OC)c1)N1CC(C)C(C(=O)OC)C1.I. The van der Waals surface area contributed by atoms with Crippen molar-refractivity contribution in [2.24, 2.45) is 16.8 Å². The summed E-state index contributed by atoms with van der Waals surface area (Å²) in [5.41, 5.74) is 1.08. The topological polar surface area (TPSA) is 63.2 Å². The fourth-order valence-corrected chi connectivity index (χ4v) is 2.96. The monoisotopic (exact) mass is 461 g/mol. The minimum absolute atomic E-state index is 0. The molecular weight excluding hydrogens is 433 g/mol. The first kappa shape index (κ1) is 21.5. The summed E-state index contributed by atoms with van der Waals surface area (Å²) < 4.78 is 10.2. The van der Waals surface area contributed by atoms with Crippen LogP contribution in [0.5, 0.6) is 5.75 Å². The molecule has 7 heteroatoms. The number of nitrogens with zero attached hydrogens (tertiary/aromatic N) is 2. The van der Waals surface area contributed by atoms with Gasteiger partial charge < -0.3 is 19.7 Å². The standard InChI is InChI=1S/C18H27N3O3.HI/c1-5-19-18(20-10-14-7-6-8-15(9-14)23-3)21-11-13(2)16(12-21)17(22)24-4;/h6-9,13,16H,5,10-12H2,1-4H3,(H,19,20);1H. The summed E-state index contributed by atoms with van der Waals surface area (Å²) in [6, 6.07) is 7.89. The van der Waals surface area contributed by atoms with Gasteiger partial charge in [0.05, 0.1) is 26.7 Å². The van der Waals surface area contributed by atoms with Crippen LogP contribution in [-0.4, -0.2) is 50.7 Å². The largest absolute Gasteiger partial charge is 0.497 e. The van der Waals surface area contributed by atoms with Crippen molar-refractivity contribution in [2.45, 2.75) is 20.4 Å². The Labute approximate surface area is 167 Å². The molecule has 0 bridgehead atoms.